The number of ether oxygens (including phenoxy) is 1. The van der Waals surface area contributed by atoms with Gasteiger partial charge in [0, 0.05) is 11.8 Å². The average Bonchev–Trinajstić information content (AvgIpc) is 2.73. The lowest BCUT2D eigenvalue weighted by molar-refractivity contribution is 0.260. The SMILES string of the molecule is Cc1ncc(COc2c(Cl)cccc2CO)s1. The summed E-state index contributed by atoms with van der Waals surface area (Å²) < 4.78 is 5.64. The number of rotatable bonds is 4. The Bertz CT molecular complexity index is 513. The highest BCUT2D eigenvalue weighted by Gasteiger charge is 2.08. The normalized spacial score (nSPS) is 10.5. The van der Waals surface area contributed by atoms with E-state index in [1.165, 1.54) is 0 Å². The molecule has 1 aromatic heterocycles. The standard InChI is InChI=1S/C12H12ClNO2S/c1-8-14-5-10(17-8)7-16-12-9(6-15)3-2-4-11(12)13/h2-5,15H,6-7H2,1H3. The molecule has 0 fully saturated rings. The maximum Gasteiger partial charge on any atom is 0.143 e. The number of aliphatic hydroxyl groups excluding tert-OH is 1. The molecule has 0 bridgehead atoms. The summed E-state index contributed by atoms with van der Waals surface area (Å²) in [4.78, 5) is 5.18. The zero-order valence-electron chi connectivity index (χ0n) is 9.31. The third-order valence-corrected chi connectivity index (χ3v) is 3.43. The van der Waals surface area contributed by atoms with Crippen LogP contribution in [-0.4, -0.2) is 10.1 Å². The molecule has 0 spiro atoms. The van der Waals surface area contributed by atoms with Gasteiger partial charge in [0.05, 0.1) is 21.5 Å². The number of halogens is 1. The first kappa shape index (κ1) is 12.4. The van der Waals surface area contributed by atoms with E-state index in [-0.39, 0.29) is 6.61 Å². The van der Waals surface area contributed by atoms with Gasteiger partial charge in [-0.3, -0.25) is 0 Å². The predicted molar refractivity (Wildman–Crippen MR) is 68.6 cm³/mol. The van der Waals surface area contributed by atoms with Crippen molar-refractivity contribution in [3.63, 3.8) is 0 Å². The first-order valence-electron chi connectivity index (χ1n) is 5.13. The van der Waals surface area contributed by atoms with Crippen LogP contribution >= 0.6 is 22.9 Å². The van der Waals surface area contributed by atoms with Crippen LogP contribution in [0.15, 0.2) is 24.4 Å². The number of aryl methyl sites for hydroxylation is 1. The second kappa shape index (κ2) is 5.49. The Labute approximate surface area is 109 Å². The molecule has 0 saturated heterocycles. The lowest BCUT2D eigenvalue weighted by Crippen LogP contribution is -1.98. The van der Waals surface area contributed by atoms with Gasteiger partial charge in [0.25, 0.3) is 0 Å². The van der Waals surface area contributed by atoms with Crippen LogP contribution in [0.1, 0.15) is 15.4 Å². The zero-order valence-corrected chi connectivity index (χ0v) is 10.9. The number of thiazole rings is 1. The minimum Gasteiger partial charge on any atom is -0.486 e. The largest absolute Gasteiger partial charge is 0.486 e. The van der Waals surface area contributed by atoms with Crippen molar-refractivity contribution < 1.29 is 9.84 Å². The van der Waals surface area contributed by atoms with Crippen LogP contribution in [0.4, 0.5) is 0 Å². The number of aliphatic hydroxyl groups is 1. The van der Waals surface area contributed by atoms with Gasteiger partial charge in [-0.15, -0.1) is 11.3 Å². The second-order valence-corrected chi connectivity index (χ2v) is 5.25. The summed E-state index contributed by atoms with van der Waals surface area (Å²) in [6, 6.07) is 5.32. The van der Waals surface area contributed by atoms with Crippen molar-refractivity contribution >= 4 is 22.9 Å². The minimum atomic E-state index is -0.0857. The van der Waals surface area contributed by atoms with Crippen molar-refractivity contribution in [1.29, 1.82) is 0 Å². The van der Waals surface area contributed by atoms with Crippen LogP contribution in [0, 0.1) is 6.92 Å². The average molecular weight is 270 g/mol. The summed E-state index contributed by atoms with van der Waals surface area (Å²) in [6.45, 7) is 2.28. The van der Waals surface area contributed by atoms with Gasteiger partial charge in [-0.2, -0.15) is 0 Å². The third kappa shape index (κ3) is 2.97. The number of aromatic nitrogens is 1. The molecule has 5 heteroatoms. The van der Waals surface area contributed by atoms with Crippen molar-refractivity contribution in [1.82, 2.24) is 4.98 Å². The number of hydrogen-bond acceptors (Lipinski definition) is 4. The minimum absolute atomic E-state index is 0.0857. The Morgan fingerprint density at radius 3 is 2.94 bits per heavy atom. The van der Waals surface area contributed by atoms with Crippen LogP contribution in [0.25, 0.3) is 0 Å². The molecule has 0 aliphatic carbocycles. The topological polar surface area (TPSA) is 42.4 Å². The molecule has 0 unspecified atom stereocenters. The molecule has 2 rings (SSSR count). The van der Waals surface area contributed by atoms with Gasteiger partial charge in [0.2, 0.25) is 0 Å². The highest BCUT2D eigenvalue weighted by Crippen LogP contribution is 2.29. The Morgan fingerprint density at radius 2 is 2.29 bits per heavy atom. The van der Waals surface area contributed by atoms with Crippen LogP contribution in [0.2, 0.25) is 5.02 Å². The van der Waals surface area contributed by atoms with E-state index in [2.05, 4.69) is 4.98 Å². The third-order valence-electron chi connectivity index (χ3n) is 2.25. The van der Waals surface area contributed by atoms with Crippen LogP contribution in [0.5, 0.6) is 5.75 Å². The molecule has 0 amide bonds. The lowest BCUT2D eigenvalue weighted by Gasteiger charge is -2.10. The van der Waals surface area contributed by atoms with Gasteiger partial charge in [-0.05, 0) is 13.0 Å². The van der Waals surface area contributed by atoms with Crippen LogP contribution in [0.3, 0.4) is 0 Å². The quantitative estimate of drug-likeness (QED) is 0.927. The first-order valence-corrected chi connectivity index (χ1v) is 6.32. The van der Waals surface area contributed by atoms with Crippen LogP contribution in [-0.2, 0) is 13.2 Å². The maximum atomic E-state index is 9.20. The molecule has 0 radical (unpaired) electrons. The number of benzene rings is 1. The fraction of sp³-hybridized carbons (Fsp3) is 0.250. The number of hydrogen-bond donors (Lipinski definition) is 1. The van der Waals surface area contributed by atoms with E-state index in [1.54, 1.807) is 35.7 Å². The molecule has 0 aliphatic heterocycles. The van der Waals surface area contributed by atoms with E-state index in [0.29, 0.717) is 22.9 Å². The second-order valence-electron chi connectivity index (χ2n) is 3.52. The first-order chi connectivity index (χ1) is 8.20. The Kier molecular flexibility index (Phi) is 3.99. The van der Waals surface area contributed by atoms with Crippen molar-refractivity contribution in [2.45, 2.75) is 20.1 Å². The smallest absolute Gasteiger partial charge is 0.143 e. The molecule has 0 aliphatic rings. The number of nitrogens with zero attached hydrogens (tertiary/aromatic N) is 1. The monoisotopic (exact) mass is 269 g/mol. The predicted octanol–water partition coefficient (Wildman–Crippen LogP) is 3.18. The van der Waals surface area contributed by atoms with Crippen molar-refractivity contribution in [2.75, 3.05) is 0 Å². The van der Waals surface area contributed by atoms with E-state index in [0.717, 1.165) is 9.88 Å². The van der Waals surface area contributed by atoms with Gasteiger partial charge in [-0.25, -0.2) is 4.98 Å². The lowest BCUT2D eigenvalue weighted by atomic mass is 10.2. The molecule has 90 valence electrons. The molecule has 3 nitrogen and oxygen atoms in total. The molecule has 1 aromatic carbocycles. The Hall–Kier alpha value is -1.10. The fourth-order valence-electron chi connectivity index (χ4n) is 1.46. The molecule has 1 heterocycles. The molecule has 17 heavy (non-hydrogen) atoms. The fourth-order valence-corrected chi connectivity index (χ4v) is 2.41. The Morgan fingerprint density at radius 1 is 1.47 bits per heavy atom. The maximum absolute atomic E-state index is 9.20. The summed E-state index contributed by atoms with van der Waals surface area (Å²) >= 11 is 7.62. The zero-order chi connectivity index (χ0) is 12.3. The molecular formula is C12H12ClNO2S. The molecule has 0 saturated carbocycles. The molecular weight excluding hydrogens is 258 g/mol. The highest BCUT2D eigenvalue weighted by atomic mass is 35.5. The van der Waals surface area contributed by atoms with Gasteiger partial charge < -0.3 is 9.84 Å². The van der Waals surface area contributed by atoms with Crippen LogP contribution < -0.4 is 4.74 Å². The summed E-state index contributed by atoms with van der Waals surface area (Å²) in [5.41, 5.74) is 0.693. The van der Waals surface area contributed by atoms with Gasteiger partial charge in [0.15, 0.2) is 0 Å². The summed E-state index contributed by atoms with van der Waals surface area (Å²) in [6.07, 6.45) is 1.79. The summed E-state index contributed by atoms with van der Waals surface area (Å²) in [5, 5.41) is 10.7. The van der Waals surface area contributed by atoms with E-state index in [9.17, 15) is 5.11 Å². The highest BCUT2D eigenvalue weighted by molar-refractivity contribution is 7.11. The summed E-state index contributed by atoms with van der Waals surface area (Å²) in [5.74, 6) is 0.544. The van der Waals surface area contributed by atoms with E-state index in [1.807, 2.05) is 6.92 Å². The van der Waals surface area contributed by atoms with Gasteiger partial charge >= 0.3 is 0 Å². The van der Waals surface area contributed by atoms with E-state index < -0.39 is 0 Å². The van der Waals surface area contributed by atoms with E-state index in [4.69, 9.17) is 16.3 Å². The molecule has 0 atom stereocenters. The van der Waals surface area contributed by atoms with Crippen molar-refractivity contribution in [3.8, 4) is 5.75 Å². The van der Waals surface area contributed by atoms with Gasteiger partial charge in [0.1, 0.15) is 12.4 Å². The van der Waals surface area contributed by atoms with Crippen molar-refractivity contribution in [2.24, 2.45) is 0 Å². The van der Waals surface area contributed by atoms with E-state index >= 15 is 0 Å². The summed E-state index contributed by atoms with van der Waals surface area (Å²) in [7, 11) is 0. The van der Waals surface area contributed by atoms with Crippen molar-refractivity contribution in [3.05, 3.63) is 44.9 Å². The van der Waals surface area contributed by atoms with Gasteiger partial charge in [-0.1, -0.05) is 23.7 Å². The molecule has 2 aromatic rings. The molecule has 1 N–H and O–H groups in total. The number of para-hydroxylation sites is 1. The Balaban J connectivity index is 2.13.